The maximum Gasteiger partial charge on any atom is 0.311 e. The molecule has 3 aromatic heterocycles. The molecule has 8 nitrogen and oxygen atoms in total. The summed E-state index contributed by atoms with van der Waals surface area (Å²) in [4.78, 5) is 38.2. The lowest BCUT2D eigenvalue weighted by atomic mass is 10.1. The Kier molecular flexibility index (Phi) is 5.05. The van der Waals surface area contributed by atoms with Crippen molar-refractivity contribution in [2.75, 3.05) is 7.11 Å². The summed E-state index contributed by atoms with van der Waals surface area (Å²) in [6.07, 6.45) is 3.16. The molecular formula is C20H17N5O3S. The number of aromatic nitrogens is 4. The zero-order chi connectivity index (χ0) is 20.4. The number of rotatable bonds is 5. The molecule has 0 amide bonds. The predicted octanol–water partition coefficient (Wildman–Crippen LogP) is 3.03. The second-order valence-corrected chi connectivity index (χ2v) is 7.24. The molecule has 9 heteroatoms. The molecule has 0 aliphatic heterocycles. The van der Waals surface area contributed by atoms with E-state index in [0.717, 1.165) is 10.2 Å². The predicted molar refractivity (Wildman–Crippen MR) is 111 cm³/mol. The second-order valence-electron chi connectivity index (χ2n) is 6.23. The lowest BCUT2D eigenvalue weighted by Gasteiger charge is -2.01. The number of nitrogens with one attached hydrogen (secondary N) is 1. The van der Waals surface area contributed by atoms with Crippen LogP contribution < -0.4 is 5.56 Å². The smallest absolute Gasteiger partial charge is 0.311 e. The van der Waals surface area contributed by atoms with Gasteiger partial charge in [0.15, 0.2) is 0 Å². The van der Waals surface area contributed by atoms with Gasteiger partial charge < -0.3 is 4.74 Å². The van der Waals surface area contributed by atoms with Gasteiger partial charge in [-0.3, -0.25) is 24.7 Å². The van der Waals surface area contributed by atoms with Gasteiger partial charge in [-0.1, -0.05) is 23.5 Å². The molecule has 0 saturated carbocycles. The van der Waals surface area contributed by atoms with Gasteiger partial charge in [0.25, 0.3) is 5.56 Å². The molecule has 4 rings (SSSR count). The van der Waals surface area contributed by atoms with Gasteiger partial charge in [0.2, 0.25) is 5.13 Å². The van der Waals surface area contributed by atoms with Crippen molar-refractivity contribution in [2.24, 2.45) is 4.99 Å². The zero-order valence-corrected chi connectivity index (χ0v) is 16.6. The van der Waals surface area contributed by atoms with Gasteiger partial charge >= 0.3 is 5.97 Å². The fourth-order valence-electron chi connectivity index (χ4n) is 2.96. The Morgan fingerprint density at radius 3 is 2.83 bits per heavy atom. The molecule has 3 heterocycles. The quantitative estimate of drug-likeness (QED) is 0.405. The summed E-state index contributed by atoms with van der Waals surface area (Å²) in [5.74, 6) is -0.460. The molecule has 0 unspecified atom stereocenters. The van der Waals surface area contributed by atoms with Crippen LogP contribution in [0.5, 0.6) is 0 Å². The Hall–Kier alpha value is -3.59. The first kappa shape index (κ1) is 18.8. The number of aromatic amines is 1. The van der Waals surface area contributed by atoms with Crippen LogP contribution in [0.25, 0.3) is 15.3 Å². The van der Waals surface area contributed by atoms with Gasteiger partial charge in [-0.2, -0.15) is 4.68 Å². The second kappa shape index (κ2) is 7.80. The van der Waals surface area contributed by atoms with Gasteiger partial charge in [-0.15, -0.1) is 0 Å². The van der Waals surface area contributed by atoms with Crippen molar-refractivity contribution < 1.29 is 9.53 Å². The topological polar surface area (TPSA) is 102 Å². The summed E-state index contributed by atoms with van der Waals surface area (Å²) >= 11 is 1.38. The minimum absolute atomic E-state index is 0.0845. The van der Waals surface area contributed by atoms with Crippen LogP contribution in [-0.4, -0.2) is 38.5 Å². The molecule has 0 aliphatic carbocycles. The SMILES string of the molecule is COC(=O)Cc1[nH]n(-c2nc3ccccc3s2)c(=O)c1C(C)=Nc1cccnc1. The van der Waals surface area contributed by atoms with Crippen molar-refractivity contribution in [3.05, 3.63) is 70.4 Å². The highest BCUT2D eigenvalue weighted by atomic mass is 32.1. The number of para-hydroxylation sites is 1. The number of esters is 1. The summed E-state index contributed by atoms with van der Waals surface area (Å²) in [7, 11) is 1.31. The molecule has 146 valence electrons. The third kappa shape index (κ3) is 3.72. The monoisotopic (exact) mass is 407 g/mol. The summed E-state index contributed by atoms with van der Waals surface area (Å²) in [6.45, 7) is 1.72. The number of pyridine rings is 1. The van der Waals surface area contributed by atoms with Crippen molar-refractivity contribution in [3.8, 4) is 5.13 Å². The summed E-state index contributed by atoms with van der Waals surface area (Å²) in [5.41, 5.74) is 2.29. The molecule has 0 bridgehead atoms. The van der Waals surface area contributed by atoms with Crippen LogP contribution in [0.2, 0.25) is 0 Å². The van der Waals surface area contributed by atoms with Crippen molar-refractivity contribution in [3.63, 3.8) is 0 Å². The maximum absolute atomic E-state index is 13.2. The molecule has 0 fully saturated rings. The Morgan fingerprint density at radius 1 is 1.28 bits per heavy atom. The van der Waals surface area contributed by atoms with Crippen LogP contribution in [0.4, 0.5) is 5.69 Å². The largest absolute Gasteiger partial charge is 0.469 e. The third-order valence-corrected chi connectivity index (χ3v) is 5.31. The van der Waals surface area contributed by atoms with Gasteiger partial charge in [0.05, 0.1) is 52.6 Å². The number of benzene rings is 1. The van der Waals surface area contributed by atoms with E-state index in [-0.39, 0.29) is 12.0 Å². The first-order chi connectivity index (χ1) is 14.1. The molecule has 4 aromatic rings. The fraction of sp³-hybridized carbons (Fsp3) is 0.150. The Labute approximate surface area is 169 Å². The molecule has 0 saturated heterocycles. The van der Waals surface area contributed by atoms with E-state index in [1.807, 2.05) is 24.3 Å². The molecular weight excluding hydrogens is 390 g/mol. The standard InChI is InChI=1S/C20H17N5O3S/c1-12(22-13-6-5-9-21-11-13)18-15(10-17(26)28-2)24-25(19(18)27)20-23-14-7-3-4-8-16(14)29-20/h3-9,11,24H,10H2,1-2H3. The van der Waals surface area contributed by atoms with Crippen LogP contribution in [0.3, 0.4) is 0 Å². The normalized spacial score (nSPS) is 11.7. The molecule has 0 radical (unpaired) electrons. The first-order valence-electron chi connectivity index (χ1n) is 8.79. The molecule has 0 spiro atoms. The highest BCUT2D eigenvalue weighted by Gasteiger charge is 2.22. The minimum Gasteiger partial charge on any atom is -0.469 e. The average molecular weight is 407 g/mol. The number of hydrogen-bond donors (Lipinski definition) is 1. The van der Waals surface area contributed by atoms with E-state index in [4.69, 9.17) is 4.74 Å². The van der Waals surface area contributed by atoms with Gasteiger partial charge in [-0.25, -0.2) is 4.98 Å². The van der Waals surface area contributed by atoms with Crippen molar-refractivity contribution >= 4 is 38.9 Å². The first-order valence-corrected chi connectivity index (χ1v) is 9.61. The average Bonchev–Trinajstić information content (AvgIpc) is 3.29. The number of hydrogen-bond acceptors (Lipinski definition) is 7. The van der Waals surface area contributed by atoms with E-state index in [0.29, 0.717) is 27.8 Å². The number of nitrogens with zero attached hydrogens (tertiary/aromatic N) is 4. The Balaban J connectivity index is 1.86. The Bertz CT molecular complexity index is 1240. The van der Waals surface area contributed by atoms with Crippen molar-refractivity contribution in [1.29, 1.82) is 0 Å². The van der Waals surface area contributed by atoms with E-state index in [1.165, 1.54) is 23.1 Å². The molecule has 1 N–H and O–H groups in total. The van der Waals surface area contributed by atoms with E-state index in [2.05, 4.69) is 20.1 Å². The lowest BCUT2D eigenvalue weighted by molar-refractivity contribution is -0.139. The number of H-pyrrole nitrogens is 1. The van der Waals surface area contributed by atoms with Gasteiger partial charge in [0, 0.05) is 6.20 Å². The molecule has 0 aliphatic rings. The summed E-state index contributed by atoms with van der Waals surface area (Å²) in [5, 5.41) is 3.50. The van der Waals surface area contributed by atoms with Crippen LogP contribution in [0.1, 0.15) is 18.2 Å². The van der Waals surface area contributed by atoms with E-state index in [9.17, 15) is 9.59 Å². The number of methoxy groups -OCH3 is 1. The lowest BCUT2D eigenvalue weighted by Crippen LogP contribution is -2.19. The van der Waals surface area contributed by atoms with Gasteiger partial charge in [-0.05, 0) is 31.2 Å². The van der Waals surface area contributed by atoms with E-state index in [1.54, 1.807) is 31.5 Å². The molecule has 29 heavy (non-hydrogen) atoms. The summed E-state index contributed by atoms with van der Waals surface area (Å²) in [6, 6.07) is 11.2. The summed E-state index contributed by atoms with van der Waals surface area (Å²) < 4.78 is 7.08. The van der Waals surface area contributed by atoms with E-state index >= 15 is 0 Å². The highest BCUT2D eigenvalue weighted by Crippen LogP contribution is 2.24. The maximum atomic E-state index is 13.2. The number of ether oxygens (including phenoxy) is 1. The van der Waals surface area contributed by atoms with Crippen molar-refractivity contribution in [2.45, 2.75) is 13.3 Å². The number of thiazole rings is 1. The number of carbonyl (C=O) groups is 1. The third-order valence-electron chi connectivity index (χ3n) is 4.29. The molecule has 0 atom stereocenters. The zero-order valence-electron chi connectivity index (χ0n) is 15.7. The van der Waals surface area contributed by atoms with E-state index < -0.39 is 5.97 Å². The number of fused-ring (bicyclic) bond motifs is 1. The van der Waals surface area contributed by atoms with Crippen molar-refractivity contribution in [1.82, 2.24) is 19.7 Å². The Morgan fingerprint density at radius 2 is 2.10 bits per heavy atom. The van der Waals surface area contributed by atoms with Crippen LogP contribution >= 0.6 is 11.3 Å². The number of carbonyl (C=O) groups excluding carboxylic acids is 1. The van der Waals surface area contributed by atoms with Crippen LogP contribution in [-0.2, 0) is 16.0 Å². The highest BCUT2D eigenvalue weighted by molar-refractivity contribution is 7.20. The van der Waals surface area contributed by atoms with Crippen LogP contribution in [0, 0.1) is 0 Å². The fourth-order valence-corrected chi connectivity index (χ4v) is 3.89. The van der Waals surface area contributed by atoms with Gasteiger partial charge in [0.1, 0.15) is 0 Å². The number of aliphatic imine (C=N–C) groups is 1. The van der Waals surface area contributed by atoms with Crippen LogP contribution in [0.15, 0.2) is 58.6 Å². The molecule has 1 aromatic carbocycles. The minimum atomic E-state index is -0.460.